The van der Waals surface area contributed by atoms with Gasteiger partial charge in [-0.15, -0.1) is 0 Å². The van der Waals surface area contributed by atoms with E-state index < -0.39 is 6.10 Å². The molecule has 0 radical (unpaired) electrons. The molecule has 6 nitrogen and oxygen atoms in total. The standard InChI is InChI=1S/C59H110O6/c1-4-7-10-13-16-19-22-24-26-28-29-31-33-35-38-41-44-47-50-53-59(62)65-56(54-63-57(60)51-48-45-42-39-36-21-18-15-12-9-6-3)55-64-58(61)52-49-46-43-40-37-34-32-30-27-25-23-20-17-14-11-8-5-2/h15,18,25,27,56H,4-14,16-17,19-24,26,28-55H2,1-3H3/b18-15-,27-25-/t56-/m0/s1. The van der Waals surface area contributed by atoms with E-state index in [1.165, 1.54) is 212 Å². The van der Waals surface area contributed by atoms with Crippen molar-refractivity contribution in [2.45, 2.75) is 322 Å². The third-order valence-electron chi connectivity index (χ3n) is 12.9. The van der Waals surface area contributed by atoms with Gasteiger partial charge in [-0.1, -0.05) is 257 Å². The first kappa shape index (κ1) is 62.9. The van der Waals surface area contributed by atoms with Crippen LogP contribution in [0.25, 0.3) is 0 Å². The molecule has 0 amide bonds. The van der Waals surface area contributed by atoms with Crippen LogP contribution in [0.4, 0.5) is 0 Å². The Morgan fingerprint density at radius 2 is 0.523 bits per heavy atom. The lowest BCUT2D eigenvalue weighted by Crippen LogP contribution is -2.30. The number of rotatable bonds is 53. The van der Waals surface area contributed by atoms with Crippen molar-refractivity contribution < 1.29 is 28.6 Å². The Bertz CT molecular complexity index is 1050. The smallest absolute Gasteiger partial charge is 0.306 e. The fourth-order valence-corrected chi connectivity index (χ4v) is 8.54. The number of hydrogen-bond acceptors (Lipinski definition) is 6. The van der Waals surface area contributed by atoms with Crippen LogP contribution in [0.5, 0.6) is 0 Å². The van der Waals surface area contributed by atoms with Gasteiger partial charge in [0.2, 0.25) is 0 Å². The van der Waals surface area contributed by atoms with E-state index in [1.54, 1.807) is 0 Å². The second-order valence-electron chi connectivity index (χ2n) is 19.6. The zero-order valence-electron chi connectivity index (χ0n) is 43.8. The molecule has 0 aromatic rings. The number of carbonyl (C=O) groups excluding carboxylic acids is 3. The maximum absolute atomic E-state index is 12.8. The molecule has 65 heavy (non-hydrogen) atoms. The van der Waals surface area contributed by atoms with Crippen LogP contribution in [0.15, 0.2) is 24.3 Å². The molecular weight excluding hydrogens is 805 g/mol. The normalized spacial score (nSPS) is 12.1. The largest absolute Gasteiger partial charge is 0.462 e. The second kappa shape index (κ2) is 54.5. The van der Waals surface area contributed by atoms with Crippen LogP contribution >= 0.6 is 0 Å². The summed E-state index contributed by atoms with van der Waals surface area (Å²) in [6.45, 7) is 6.63. The quantitative estimate of drug-likeness (QED) is 0.0262. The van der Waals surface area contributed by atoms with E-state index in [0.29, 0.717) is 19.3 Å². The van der Waals surface area contributed by atoms with Crippen LogP contribution in [-0.2, 0) is 28.6 Å². The van der Waals surface area contributed by atoms with Crippen LogP contribution in [0.1, 0.15) is 316 Å². The van der Waals surface area contributed by atoms with Crippen molar-refractivity contribution in [3.8, 4) is 0 Å². The van der Waals surface area contributed by atoms with Gasteiger partial charge >= 0.3 is 17.9 Å². The molecule has 0 saturated heterocycles. The number of allylic oxidation sites excluding steroid dienone is 4. The highest BCUT2D eigenvalue weighted by Gasteiger charge is 2.19. The van der Waals surface area contributed by atoms with E-state index in [-0.39, 0.29) is 31.1 Å². The van der Waals surface area contributed by atoms with Crippen molar-refractivity contribution in [2.24, 2.45) is 0 Å². The number of carbonyl (C=O) groups is 3. The monoisotopic (exact) mass is 915 g/mol. The maximum Gasteiger partial charge on any atom is 0.306 e. The summed E-state index contributed by atoms with van der Waals surface area (Å²) in [5.41, 5.74) is 0. The zero-order chi connectivity index (χ0) is 47.2. The van der Waals surface area contributed by atoms with E-state index in [4.69, 9.17) is 14.2 Å². The van der Waals surface area contributed by atoms with Crippen LogP contribution < -0.4 is 0 Å². The molecule has 382 valence electrons. The number of unbranched alkanes of at least 4 members (excludes halogenated alkanes) is 38. The van der Waals surface area contributed by atoms with Crippen LogP contribution in [0.3, 0.4) is 0 Å². The molecule has 6 heteroatoms. The Hall–Kier alpha value is -2.11. The molecule has 0 rings (SSSR count). The first-order valence-corrected chi connectivity index (χ1v) is 28.8. The highest BCUT2D eigenvalue weighted by Crippen LogP contribution is 2.17. The number of hydrogen-bond donors (Lipinski definition) is 0. The molecule has 0 aliphatic rings. The first-order valence-electron chi connectivity index (χ1n) is 28.8. The lowest BCUT2D eigenvalue weighted by molar-refractivity contribution is -0.167. The molecule has 0 saturated carbocycles. The molecule has 0 unspecified atom stereocenters. The van der Waals surface area contributed by atoms with Crippen LogP contribution in [0, 0.1) is 0 Å². The minimum Gasteiger partial charge on any atom is -0.462 e. The highest BCUT2D eigenvalue weighted by molar-refractivity contribution is 5.71. The number of ether oxygens (including phenoxy) is 3. The summed E-state index contributed by atoms with van der Waals surface area (Å²) in [5, 5.41) is 0. The Kier molecular flexibility index (Phi) is 52.7. The molecule has 0 bridgehead atoms. The summed E-state index contributed by atoms with van der Waals surface area (Å²) in [6, 6.07) is 0. The van der Waals surface area contributed by atoms with Crippen molar-refractivity contribution in [3.05, 3.63) is 24.3 Å². The third-order valence-corrected chi connectivity index (χ3v) is 12.9. The van der Waals surface area contributed by atoms with Gasteiger partial charge in [-0.05, 0) is 64.2 Å². The maximum atomic E-state index is 12.8. The summed E-state index contributed by atoms with van der Waals surface area (Å²) in [5.74, 6) is -0.867. The van der Waals surface area contributed by atoms with Gasteiger partial charge in [-0.25, -0.2) is 0 Å². The SMILES string of the molecule is CCCC/C=C\CCCCCCCC(=O)OC[C@@H](COC(=O)CCCCCCCCC/C=C\CCCCCCCC)OC(=O)CCCCCCCCCCCCCCCCCCCCC. The lowest BCUT2D eigenvalue weighted by Gasteiger charge is -2.18. The Morgan fingerprint density at radius 1 is 0.292 bits per heavy atom. The predicted molar refractivity (Wildman–Crippen MR) is 279 cm³/mol. The van der Waals surface area contributed by atoms with Crippen molar-refractivity contribution in [2.75, 3.05) is 13.2 Å². The van der Waals surface area contributed by atoms with Crippen LogP contribution in [0.2, 0.25) is 0 Å². The topological polar surface area (TPSA) is 78.9 Å². The summed E-state index contributed by atoms with van der Waals surface area (Å²) in [6.07, 6.45) is 63.1. The molecule has 0 aromatic heterocycles. The Labute approximate surface area is 404 Å². The Balaban J connectivity index is 4.29. The highest BCUT2D eigenvalue weighted by atomic mass is 16.6. The molecule has 0 aliphatic carbocycles. The van der Waals surface area contributed by atoms with Gasteiger partial charge < -0.3 is 14.2 Å². The van der Waals surface area contributed by atoms with Crippen molar-refractivity contribution in [1.82, 2.24) is 0 Å². The van der Waals surface area contributed by atoms with Crippen LogP contribution in [-0.4, -0.2) is 37.2 Å². The van der Waals surface area contributed by atoms with Gasteiger partial charge in [0, 0.05) is 19.3 Å². The zero-order valence-corrected chi connectivity index (χ0v) is 43.8. The molecule has 0 spiro atoms. The van der Waals surface area contributed by atoms with Gasteiger partial charge in [0.25, 0.3) is 0 Å². The van der Waals surface area contributed by atoms with Gasteiger partial charge in [0.1, 0.15) is 13.2 Å². The van der Waals surface area contributed by atoms with E-state index in [9.17, 15) is 14.4 Å². The molecule has 0 aliphatic heterocycles. The fourth-order valence-electron chi connectivity index (χ4n) is 8.54. The summed E-state index contributed by atoms with van der Waals surface area (Å²) >= 11 is 0. The third kappa shape index (κ3) is 52.7. The second-order valence-corrected chi connectivity index (χ2v) is 19.6. The van der Waals surface area contributed by atoms with E-state index >= 15 is 0 Å². The summed E-state index contributed by atoms with van der Waals surface area (Å²) in [7, 11) is 0. The lowest BCUT2D eigenvalue weighted by atomic mass is 10.0. The fraction of sp³-hybridized carbons (Fsp3) is 0.881. The summed E-state index contributed by atoms with van der Waals surface area (Å²) in [4.78, 5) is 38.1. The summed E-state index contributed by atoms with van der Waals surface area (Å²) < 4.78 is 16.9. The molecule has 0 aromatic carbocycles. The van der Waals surface area contributed by atoms with Gasteiger partial charge in [-0.2, -0.15) is 0 Å². The Morgan fingerprint density at radius 3 is 0.815 bits per heavy atom. The van der Waals surface area contributed by atoms with Gasteiger partial charge in [0.05, 0.1) is 0 Å². The van der Waals surface area contributed by atoms with E-state index in [2.05, 4.69) is 45.1 Å². The van der Waals surface area contributed by atoms with Crippen molar-refractivity contribution in [1.29, 1.82) is 0 Å². The molecule has 0 fully saturated rings. The van der Waals surface area contributed by atoms with Crippen molar-refractivity contribution in [3.63, 3.8) is 0 Å². The first-order chi connectivity index (χ1) is 32.0. The number of esters is 3. The van der Waals surface area contributed by atoms with E-state index in [1.807, 2.05) is 0 Å². The molecular formula is C59H110O6. The average molecular weight is 916 g/mol. The molecule has 0 heterocycles. The van der Waals surface area contributed by atoms with Gasteiger partial charge in [-0.3, -0.25) is 14.4 Å². The van der Waals surface area contributed by atoms with Gasteiger partial charge in [0.15, 0.2) is 6.10 Å². The minimum absolute atomic E-state index is 0.0721. The van der Waals surface area contributed by atoms with E-state index in [0.717, 1.165) is 64.2 Å². The molecule has 0 N–H and O–H groups in total. The molecule has 1 atom stereocenters. The van der Waals surface area contributed by atoms with Crippen molar-refractivity contribution >= 4 is 17.9 Å². The average Bonchev–Trinajstić information content (AvgIpc) is 3.30. The predicted octanol–water partition coefficient (Wildman–Crippen LogP) is 19.1. The minimum atomic E-state index is -0.772.